The van der Waals surface area contributed by atoms with Crippen molar-refractivity contribution in [1.82, 2.24) is 0 Å². The van der Waals surface area contributed by atoms with E-state index in [0.717, 1.165) is 24.0 Å². The average Bonchev–Trinajstić information content (AvgIpc) is 2.34. The van der Waals surface area contributed by atoms with Gasteiger partial charge in [0.05, 0.1) is 24.8 Å². The summed E-state index contributed by atoms with van der Waals surface area (Å²) < 4.78 is 10.9. The quantitative estimate of drug-likeness (QED) is 0.776. The van der Waals surface area contributed by atoms with Crippen LogP contribution in [0.3, 0.4) is 0 Å². The molecule has 0 saturated heterocycles. The number of hydrogen-bond donors (Lipinski definition) is 0. The first-order valence-electron chi connectivity index (χ1n) is 5.41. The van der Waals surface area contributed by atoms with E-state index in [1.165, 1.54) is 0 Å². The lowest BCUT2D eigenvalue weighted by Crippen LogP contribution is -2.17. The maximum atomic E-state index is 6.29. The van der Waals surface area contributed by atoms with Gasteiger partial charge in [0.15, 0.2) is 0 Å². The van der Waals surface area contributed by atoms with Crippen molar-refractivity contribution in [3.63, 3.8) is 0 Å². The van der Waals surface area contributed by atoms with Crippen molar-refractivity contribution in [3.05, 3.63) is 27.2 Å². The molecule has 0 bridgehead atoms. The van der Waals surface area contributed by atoms with Gasteiger partial charge in [-0.2, -0.15) is 0 Å². The molecule has 2 rings (SSSR count). The van der Waals surface area contributed by atoms with Gasteiger partial charge in [-0.05, 0) is 24.5 Å². The molecule has 1 aromatic rings. The molecule has 1 aliphatic heterocycles. The van der Waals surface area contributed by atoms with E-state index in [1.54, 1.807) is 7.11 Å². The van der Waals surface area contributed by atoms with Crippen molar-refractivity contribution in [2.45, 2.75) is 18.9 Å². The molecule has 0 N–H and O–H groups in total. The highest BCUT2D eigenvalue weighted by Gasteiger charge is 2.26. The largest absolute Gasteiger partial charge is 0.495 e. The van der Waals surface area contributed by atoms with Gasteiger partial charge in [-0.25, -0.2) is 0 Å². The summed E-state index contributed by atoms with van der Waals surface area (Å²) in [5, 5.41) is 0.967. The van der Waals surface area contributed by atoms with Crippen LogP contribution in [0.25, 0.3) is 0 Å². The Bertz CT molecular complexity index is 421. The van der Waals surface area contributed by atoms with Crippen LogP contribution in [-0.4, -0.2) is 19.6 Å². The van der Waals surface area contributed by atoms with Crippen LogP contribution < -0.4 is 4.74 Å². The number of alkyl halides is 1. The molecule has 1 unspecified atom stereocenters. The smallest absolute Gasteiger partial charge is 0.139 e. The molecule has 1 atom stereocenters. The minimum atomic E-state index is -0.0628. The lowest BCUT2D eigenvalue weighted by atomic mass is 9.95. The normalized spacial score (nSPS) is 18.9. The van der Waals surface area contributed by atoms with E-state index in [0.29, 0.717) is 28.3 Å². The fourth-order valence-corrected chi connectivity index (χ4v) is 2.86. The Morgan fingerprint density at radius 3 is 2.82 bits per heavy atom. The van der Waals surface area contributed by atoms with E-state index in [1.807, 2.05) is 6.07 Å². The minimum Gasteiger partial charge on any atom is -0.495 e. The third-order valence-electron chi connectivity index (χ3n) is 2.90. The van der Waals surface area contributed by atoms with Crippen LogP contribution in [0.1, 0.15) is 23.7 Å². The molecule has 0 radical (unpaired) electrons. The number of rotatable bonds is 3. The molecule has 0 spiro atoms. The standard InChI is InChI=1S/C12H13Cl3O2/c1-16-9-6-7-3-5-17-8(2-4-13)10(7)12(15)11(9)14/h6,8H,2-5H2,1H3. The van der Waals surface area contributed by atoms with Crippen LogP contribution in [0, 0.1) is 0 Å². The van der Waals surface area contributed by atoms with Crippen LogP contribution in [0.15, 0.2) is 6.07 Å². The number of methoxy groups -OCH3 is 1. The summed E-state index contributed by atoms with van der Waals surface area (Å²) in [4.78, 5) is 0. The summed E-state index contributed by atoms with van der Waals surface area (Å²) in [6.45, 7) is 0.676. The Morgan fingerprint density at radius 1 is 1.41 bits per heavy atom. The van der Waals surface area contributed by atoms with E-state index in [9.17, 15) is 0 Å². The summed E-state index contributed by atoms with van der Waals surface area (Å²) in [6, 6.07) is 1.94. The van der Waals surface area contributed by atoms with Gasteiger partial charge in [-0.1, -0.05) is 23.2 Å². The Kier molecular flexibility index (Phi) is 4.42. The summed E-state index contributed by atoms with van der Waals surface area (Å²) in [7, 11) is 1.58. The van der Waals surface area contributed by atoms with Crippen molar-refractivity contribution in [2.24, 2.45) is 0 Å². The Hall–Kier alpha value is -0.150. The Balaban J connectivity index is 2.50. The molecule has 94 valence electrons. The second-order valence-corrected chi connectivity index (χ2v) is 5.00. The number of benzene rings is 1. The Morgan fingerprint density at radius 2 is 2.18 bits per heavy atom. The van der Waals surface area contributed by atoms with E-state index >= 15 is 0 Å². The summed E-state index contributed by atoms with van der Waals surface area (Å²) in [5.41, 5.74) is 2.10. The molecule has 5 heteroatoms. The summed E-state index contributed by atoms with van der Waals surface area (Å²) in [5.74, 6) is 1.14. The SMILES string of the molecule is COc1cc2c(c(Cl)c1Cl)C(CCCl)OCC2. The first-order valence-corrected chi connectivity index (χ1v) is 6.70. The second kappa shape index (κ2) is 5.66. The molecule has 0 amide bonds. The first kappa shape index (κ1) is 13.3. The fourth-order valence-electron chi connectivity index (χ4n) is 2.09. The second-order valence-electron chi connectivity index (χ2n) is 3.87. The van der Waals surface area contributed by atoms with Crippen molar-refractivity contribution in [2.75, 3.05) is 19.6 Å². The zero-order valence-electron chi connectivity index (χ0n) is 9.43. The van der Waals surface area contributed by atoms with Gasteiger partial charge in [0.1, 0.15) is 10.8 Å². The van der Waals surface area contributed by atoms with Gasteiger partial charge in [0.25, 0.3) is 0 Å². The van der Waals surface area contributed by atoms with Crippen LogP contribution >= 0.6 is 34.8 Å². The number of fused-ring (bicyclic) bond motifs is 1. The summed E-state index contributed by atoms with van der Waals surface area (Å²) in [6.07, 6.45) is 1.49. The summed E-state index contributed by atoms with van der Waals surface area (Å²) >= 11 is 18.2. The topological polar surface area (TPSA) is 18.5 Å². The van der Waals surface area contributed by atoms with Gasteiger partial charge in [0.2, 0.25) is 0 Å². The van der Waals surface area contributed by atoms with Gasteiger partial charge in [0, 0.05) is 11.4 Å². The van der Waals surface area contributed by atoms with Crippen molar-refractivity contribution in [1.29, 1.82) is 0 Å². The zero-order chi connectivity index (χ0) is 12.4. The van der Waals surface area contributed by atoms with E-state index in [4.69, 9.17) is 44.3 Å². The molecule has 2 nitrogen and oxygen atoms in total. The van der Waals surface area contributed by atoms with Crippen molar-refractivity contribution >= 4 is 34.8 Å². The van der Waals surface area contributed by atoms with Gasteiger partial charge in [-0.3, -0.25) is 0 Å². The molecule has 0 fully saturated rings. The van der Waals surface area contributed by atoms with Crippen LogP contribution in [0.2, 0.25) is 10.0 Å². The maximum Gasteiger partial charge on any atom is 0.139 e. The molecule has 1 aromatic carbocycles. The molecular weight excluding hydrogens is 282 g/mol. The van der Waals surface area contributed by atoms with Crippen molar-refractivity contribution < 1.29 is 9.47 Å². The van der Waals surface area contributed by atoms with E-state index in [-0.39, 0.29) is 6.10 Å². The Labute approximate surface area is 116 Å². The molecule has 0 aliphatic carbocycles. The molecular formula is C12H13Cl3O2. The van der Waals surface area contributed by atoms with Gasteiger partial charge < -0.3 is 9.47 Å². The molecule has 17 heavy (non-hydrogen) atoms. The predicted octanol–water partition coefficient (Wildman–Crippen LogP) is 4.24. The highest BCUT2D eigenvalue weighted by Crippen LogP contribution is 2.43. The minimum absolute atomic E-state index is 0.0628. The van der Waals surface area contributed by atoms with Crippen LogP contribution in [-0.2, 0) is 11.2 Å². The molecule has 1 heterocycles. The van der Waals surface area contributed by atoms with E-state index in [2.05, 4.69) is 0 Å². The number of hydrogen-bond acceptors (Lipinski definition) is 2. The highest BCUT2D eigenvalue weighted by atomic mass is 35.5. The third kappa shape index (κ3) is 2.50. The number of halogens is 3. The maximum absolute atomic E-state index is 6.29. The van der Waals surface area contributed by atoms with Gasteiger partial charge >= 0.3 is 0 Å². The first-order chi connectivity index (χ1) is 8.19. The van der Waals surface area contributed by atoms with Crippen LogP contribution in [0.4, 0.5) is 0 Å². The lowest BCUT2D eigenvalue weighted by molar-refractivity contribution is 0.0405. The monoisotopic (exact) mass is 294 g/mol. The number of ether oxygens (including phenoxy) is 2. The highest BCUT2D eigenvalue weighted by molar-refractivity contribution is 6.43. The zero-order valence-corrected chi connectivity index (χ0v) is 11.7. The molecule has 1 aliphatic rings. The third-order valence-corrected chi connectivity index (χ3v) is 3.98. The van der Waals surface area contributed by atoms with Gasteiger partial charge in [-0.15, -0.1) is 11.6 Å². The van der Waals surface area contributed by atoms with Crippen molar-refractivity contribution in [3.8, 4) is 5.75 Å². The lowest BCUT2D eigenvalue weighted by Gasteiger charge is -2.27. The fraction of sp³-hybridized carbons (Fsp3) is 0.500. The predicted molar refractivity (Wildman–Crippen MR) is 70.7 cm³/mol. The van der Waals surface area contributed by atoms with E-state index < -0.39 is 0 Å². The molecule has 0 aromatic heterocycles. The average molecular weight is 296 g/mol. The molecule has 0 saturated carbocycles. The van der Waals surface area contributed by atoms with Crippen LogP contribution in [0.5, 0.6) is 5.75 Å².